The van der Waals surface area contributed by atoms with Crippen molar-refractivity contribution in [2.45, 2.75) is 26.2 Å². The number of carbonyl (C=O) groups excluding carboxylic acids is 3. The first-order chi connectivity index (χ1) is 10.1. The van der Waals surface area contributed by atoms with E-state index in [1.165, 1.54) is 4.90 Å². The van der Waals surface area contributed by atoms with Gasteiger partial charge in [0.2, 0.25) is 11.8 Å². The first kappa shape index (κ1) is 14.0. The number of amides is 2. The van der Waals surface area contributed by atoms with Gasteiger partial charge in [0.05, 0.1) is 18.4 Å². The average molecular weight is 285 g/mol. The summed E-state index contributed by atoms with van der Waals surface area (Å²) in [7, 11) is 0. The molecular weight excluding hydrogens is 266 g/mol. The molecule has 1 aliphatic carbocycles. The third kappa shape index (κ3) is 2.62. The van der Waals surface area contributed by atoms with Gasteiger partial charge in [-0.2, -0.15) is 0 Å². The van der Waals surface area contributed by atoms with Gasteiger partial charge in [-0.1, -0.05) is 37.3 Å². The molecule has 0 aromatic heterocycles. The van der Waals surface area contributed by atoms with Gasteiger partial charge in [0, 0.05) is 6.42 Å². The standard InChI is InChI=1S/C17H19NO3/c1-11-7-14-15(8-11)17(21)18(16(14)20)10-13(19)9-12-5-3-2-4-6-12/h2-6,11,14-15H,7-10H2,1H3. The van der Waals surface area contributed by atoms with Crippen molar-refractivity contribution in [2.75, 3.05) is 6.54 Å². The SMILES string of the molecule is CC1CC2C(=O)N(CC(=O)Cc3ccccc3)C(=O)C2C1. The number of carbonyl (C=O) groups is 3. The van der Waals surface area contributed by atoms with Crippen molar-refractivity contribution in [3.63, 3.8) is 0 Å². The van der Waals surface area contributed by atoms with Crippen LogP contribution in [0.3, 0.4) is 0 Å². The molecule has 1 aliphatic heterocycles. The van der Waals surface area contributed by atoms with Crippen LogP contribution >= 0.6 is 0 Å². The Morgan fingerprint density at radius 1 is 1.10 bits per heavy atom. The first-order valence-corrected chi connectivity index (χ1v) is 7.47. The summed E-state index contributed by atoms with van der Waals surface area (Å²) in [5.74, 6) is -0.313. The predicted molar refractivity (Wildman–Crippen MR) is 77.3 cm³/mol. The topological polar surface area (TPSA) is 54.5 Å². The Morgan fingerprint density at radius 3 is 2.24 bits per heavy atom. The molecule has 2 aliphatic rings. The Hall–Kier alpha value is -1.97. The molecule has 2 atom stereocenters. The smallest absolute Gasteiger partial charge is 0.233 e. The van der Waals surface area contributed by atoms with Crippen molar-refractivity contribution in [1.29, 1.82) is 0 Å². The zero-order valence-corrected chi connectivity index (χ0v) is 12.1. The number of benzene rings is 1. The van der Waals surface area contributed by atoms with Crippen LogP contribution in [-0.2, 0) is 20.8 Å². The number of rotatable bonds is 4. The zero-order valence-electron chi connectivity index (χ0n) is 12.1. The summed E-state index contributed by atoms with van der Waals surface area (Å²) in [6, 6.07) is 9.40. The van der Waals surface area contributed by atoms with E-state index in [0.29, 0.717) is 5.92 Å². The van der Waals surface area contributed by atoms with Gasteiger partial charge in [0.15, 0.2) is 5.78 Å². The predicted octanol–water partition coefficient (Wildman–Crippen LogP) is 1.83. The van der Waals surface area contributed by atoms with Crippen LogP contribution < -0.4 is 0 Å². The molecule has 0 bridgehead atoms. The Balaban J connectivity index is 1.65. The van der Waals surface area contributed by atoms with Gasteiger partial charge in [-0.25, -0.2) is 0 Å². The van der Waals surface area contributed by atoms with Crippen molar-refractivity contribution in [3.8, 4) is 0 Å². The molecule has 21 heavy (non-hydrogen) atoms. The molecular formula is C17H19NO3. The lowest BCUT2D eigenvalue weighted by atomic mass is 10.00. The molecule has 1 heterocycles. The van der Waals surface area contributed by atoms with Crippen LogP contribution in [0.25, 0.3) is 0 Å². The van der Waals surface area contributed by atoms with Gasteiger partial charge in [0.1, 0.15) is 0 Å². The number of ketones is 1. The highest BCUT2D eigenvalue weighted by Gasteiger charge is 2.51. The normalized spacial score (nSPS) is 28.0. The fraction of sp³-hybridized carbons (Fsp3) is 0.471. The lowest BCUT2D eigenvalue weighted by molar-refractivity contribution is -0.143. The summed E-state index contributed by atoms with van der Waals surface area (Å²) < 4.78 is 0. The van der Waals surface area contributed by atoms with Crippen LogP contribution in [0.15, 0.2) is 30.3 Å². The van der Waals surface area contributed by atoms with E-state index in [4.69, 9.17) is 0 Å². The van der Waals surface area contributed by atoms with Crippen LogP contribution in [-0.4, -0.2) is 29.0 Å². The van der Waals surface area contributed by atoms with Gasteiger partial charge in [0.25, 0.3) is 0 Å². The van der Waals surface area contributed by atoms with Gasteiger partial charge >= 0.3 is 0 Å². The maximum Gasteiger partial charge on any atom is 0.233 e. The molecule has 2 amide bonds. The molecule has 0 radical (unpaired) electrons. The molecule has 0 spiro atoms. The van der Waals surface area contributed by atoms with E-state index in [1.807, 2.05) is 30.3 Å². The summed E-state index contributed by atoms with van der Waals surface area (Å²) in [5, 5.41) is 0. The fourth-order valence-electron chi connectivity index (χ4n) is 3.56. The molecule has 0 N–H and O–H groups in total. The number of imide groups is 1. The Kier molecular flexibility index (Phi) is 3.62. The quantitative estimate of drug-likeness (QED) is 0.793. The molecule has 4 heteroatoms. The summed E-state index contributed by atoms with van der Waals surface area (Å²) in [4.78, 5) is 37.9. The average Bonchev–Trinajstić information content (AvgIpc) is 2.94. The van der Waals surface area contributed by atoms with E-state index in [9.17, 15) is 14.4 Å². The van der Waals surface area contributed by atoms with Crippen molar-refractivity contribution in [1.82, 2.24) is 4.90 Å². The lowest BCUT2D eigenvalue weighted by Crippen LogP contribution is -2.37. The molecule has 3 rings (SSSR count). The fourth-order valence-corrected chi connectivity index (χ4v) is 3.56. The molecule has 1 aromatic carbocycles. The van der Waals surface area contributed by atoms with Crippen LogP contribution in [0.2, 0.25) is 0 Å². The van der Waals surface area contributed by atoms with Gasteiger partial charge < -0.3 is 0 Å². The van der Waals surface area contributed by atoms with E-state index in [1.54, 1.807) is 0 Å². The second-order valence-electron chi connectivity index (χ2n) is 6.25. The minimum Gasteiger partial charge on any atom is -0.297 e. The Labute approximate surface area is 124 Å². The lowest BCUT2D eigenvalue weighted by Gasteiger charge is -2.16. The number of likely N-dealkylation sites (tertiary alicyclic amines) is 1. The van der Waals surface area contributed by atoms with Crippen molar-refractivity contribution in [2.24, 2.45) is 17.8 Å². The summed E-state index contributed by atoms with van der Waals surface area (Å²) in [6.45, 7) is 2.00. The second kappa shape index (κ2) is 5.43. The molecule has 2 unspecified atom stereocenters. The van der Waals surface area contributed by atoms with Crippen LogP contribution in [0.4, 0.5) is 0 Å². The Bertz CT molecular complexity index is 557. The molecule has 2 fully saturated rings. The second-order valence-corrected chi connectivity index (χ2v) is 6.25. The Morgan fingerprint density at radius 2 is 1.67 bits per heavy atom. The number of fused-ring (bicyclic) bond motifs is 1. The summed E-state index contributed by atoms with van der Waals surface area (Å²) in [5.41, 5.74) is 0.912. The summed E-state index contributed by atoms with van der Waals surface area (Å²) >= 11 is 0. The molecule has 110 valence electrons. The highest BCUT2D eigenvalue weighted by Crippen LogP contribution is 2.42. The van der Waals surface area contributed by atoms with Gasteiger partial charge in [-0.05, 0) is 24.3 Å². The van der Waals surface area contributed by atoms with E-state index in [0.717, 1.165) is 18.4 Å². The highest BCUT2D eigenvalue weighted by molar-refractivity contribution is 6.07. The number of hydrogen-bond donors (Lipinski definition) is 0. The monoisotopic (exact) mass is 285 g/mol. The van der Waals surface area contributed by atoms with E-state index in [2.05, 4.69) is 6.92 Å². The summed E-state index contributed by atoms with van der Waals surface area (Å²) in [6.07, 6.45) is 1.82. The van der Waals surface area contributed by atoms with Crippen LogP contribution in [0.1, 0.15) is 25.3 Å². The minimum atomic E-state index is -0.183. The third-order valence-corrected chi connectivity index (χ3v) is 4.54. The van der Waals surface area contributed by atoms with Crippen molar-refractivity contribution >= 4 is 17.6 Å². The van der Waals surface area contributed by atoms with Crippen LogP contribution in [0.5, 0.6) is 0 Å². The van der Waals surface area contributed by atoms with Gasteiger partial charge in [-0.15, -0.1) is 0 Å². The molecule has 1 saturated heterocycles. The van der Waals surface area contributed by atoms with Crippen molar-refractivity contribution < 1.29 is 14.4 Å². The molecule has 1 saturated carbocycles. The van der Waals surface area contributed by atoms with E-state index < -0.39 is 0 Å². The van der Waals surface area contributed by atoms with E-state index in [-0.39, 0.29) is 42.4 Å². The highest BCUT2D eigenvalue weighted by atomic mass is 16.2. The van der Waals surface area contributed by atoms with Gasteiger partial charge in [-0.3, -0.25) is 19.3 Å². The van der Waals surface area contributed by atoms with E-state index >= 15 is 0 Å². The number of nitrogens with zero attached hydrogens (tertiary/aromatic N) is 1. The zero-order chi connectivity index (χ0) is 15.0. The molecule has 1 aromatic rings. The largest absolute Gasteiger partial charge is 0.297 e. The molecule has 4 nitrogen and oxygen atoms in total. The minimum absolute atomic E-state index is 0.0755. The maximum absolute atomic E-state index is 12.3. The number of Topliss-reactive ketones (excluding diaryl/α,β-unsaturated/α-hetero) is 1. The van der Waals surface area contributed by atoms with Crippen molar-refractivity contribution in [3.05, 3.63) is 35.9 Å². The maximum atomic E-state index is 12.3. The number of hydrogen-bond acceptors (Lipinski definition) is 3. The first-order valence-electron chi connectivity index (χ1n) is 7.47. The van der Waals surface area contributed by atoms with Crippen LogP contribution in [0, 0.1) is 17.8 Å². The third-order valence-electron chi connectivity index (χ3n) is 4.54.